The van der Waals surface area contributed by atoms with Gasteiger partial charge in [-0.15, -0.1) is 0 Å². The molecule has 0 aromatic carbocycles. The zero-order valence-corrected chi connectivity index (χ0v) is 6.39. The summed E-state index contributed by atoms with van der Waals surface area (Å²) in [5.41, 5.74) is 5.47. The minimum atomic E-state index is -0.252. The molecule has 0 spiro atoms. The van der Waals surface area contributed by atoms with E-state index in [1.165, 1.54) is 0 Å². The molecule has 1 rings (SSSR count). The van der Waals surface area contributed by atoms with Crippen LogP contribution in [0.1, 0.15) is 6.42 Å². The number of alkyl halides is 1. The predicted molar refractivity (Wildman–Crippen MR) is 39.6 cm³/mol. The number of hydrogen-bond donors (Lipinski definition) is 1. The van der Waals surface area contributed by atoms with Crippen molar-refractivity contribution in [2.45, 2.75) is 12.5 Å². The maximum Gasteiger partial charge on any atom is 0.105 e. The second kappa shape index (κ2) is 3.30. The lowest BCUT2D eigenvalue weighted by Crippen LogP contribution is -2.34. The number of halogens is 1. The highest BCUT2D eigenvalue weighted by Gasteiger charge is 2.30. The molecular weight excluding hydrogens is 131 g/mol. The topological polar surface area (TPSA) is 29.3 Å². The largest absolute Gasteiger partial charge is 0.330 e. The summed E-state index contributed by atoms with van der Waals surface area (Å²) in [6, 6.07) is 0.0880. The van der Waals surface area contributed by atoms with E-state index in [-0.39, 0.29) is 12.7 Å². The van der Waals surface area contributed by atoms with Gasteiger partial charge in [0.25, 0.3) is 0 Å². The first-order valence-corrected chi connectivity index (χ1v) is 3.76. The molecule has 2 atom stereocenters. The highest BCUT2D eigenvalue weighted by Crippen LogP contribution is 2.21. The SMILES string of the molecule is CN1CCC(CN)C1CF. The van der Waals surface area contributed by atoms with E-state index in [4.69, 9.17) is 5.73 Å². The molecule has 0 aromatic heterocycles. The Hall–Kier alpha value is -0.150. The molecule has 1 aliphatic rings. The third kappa shape index (κ3) is 1.30. The molecule has 0 amide bonds. The van der Waals surface area contributed by atoms with Gasteiger partial charge in [-0.25, -0.2) is 4.39 Å². The molecule has 0 bridgehead atoms. The lowest BCUT2D eigenvalue weighted by molar-refractivity contribution is 0.222. The summed E-state index contributed by atoms with van der Waals surface area (Å²) in [5.74, 6) is 0.384. The van der Waals surface area contributed by atoms with Crippen LogP contribution in [0.15, 0.2) is 0 Å². The second-order valence-electron chi connectivity index (χ2n) is 2.99. The normalized spacial score (nSPS) is 35.1. The van der Waals surface area contributed by atoms with Crippen LogP contribution in [0.2, 0.25) is 0 Å². The van der Waals surface area contributed by atoms with Crippen molar-refractivity contribution in [3.8, 4) is 0 Å². The van der Waals surface area contributed by atoms with Crippen molar-refractivity contribution >= 4 is 0 Å². The first kappa shape index (κ1) is 7.95. The van der Waals surface area contributed by atoms with Crippen molar-refractivity contribution in [3.63, 3.8) is 0 Å². The Morgan fingerprint density at radius 1 is 1.70 bits per heavy atom. The van der Waals surface area contributed by atoms with Crippen molar-refractivity contribution in [1.82, 2.24) is 4.90 Å². The third-order valence-corrected chi connectivity index (χ3v) is 2.42. The summed E-state index contributed by atoms with van der Waals surface area (Å²) < 4.78 is 12.3. The Labute approximate surface area is 61.2 Å². The monoisotopic (exact) mass is 146 g/mol. The van der Waals surface area contributed by atoms with E-state index in [9.17, 15) is 4.39 Å². The van der Waals surface area contributed by atoms with E-state index in [0.717, 1.165) is 13.0 Å². The molecule has 0 aliphatic carbocycles. The summed E-state index contributed by atoms with van der Waals surface area (Å²) in [7, 11) is 1.96. The van der Waals surface area contributed by atoms with Crippen LogP contribution in [-0.4, -0.2) is 37.8 Å². The van der Waals surface area contributed by atoms with E-state index in [0.29, 0.717) is 12.5 Å². The van der Waals surface area contributed by atoms with Crippen molar-refractivity contribution in [2.75, 3.05) is 26.8 Å². The predicted octanol–water partition coefficient (Wildman–Crippen LogP) is 0.235. The van der Waals surface area contributed by atoms with E-state index < -0.39 is 0 Å². The van der Waals surface area contributed by atoms with Gasteiger partial charge in [0.1, 0.15) is 6.67 Å². The molecule has 3 heteroatoms. The fourth-order valence-corrected chi connectivity index (χ4v) is 1.61. The number of rotatable bonds is 2. The van der Waals surface area contributed by atoms with Crippen LogP contribution in [0.4, 0.5) is 4.39 Å². The van der Waals surface area contributed by atoms with Gasteiger partial charge in [-0.3, -0.25) is 0 Å². The van der Waals surface area contributed by atoms with Gasteiger partial charge < -0.3 is 10.6 Å². The van der Waals surface area contributed by atoms with Crippen LogP contribution in [-0.2, 0) is 0 Å². The zero-order valence-electron chi connectivity index (χ0n) is 6.39. The van der Waals surface area contributed by atoms with Crippen LogP contribution in [0.5, 0.6) is 0 Å². The minimum Gasteiger partial charge on any atom is -0.330 e. The molecule has 2 unspecified atom stereocenters. The molecule has 1 aliphatic heterocycles. The van der Waals surface area contributed by atoms with Gasteiger partial charge >= 0.3 is 0 Å². The van der Waals surface area contributed by atoms with Gasteiger partial charge in [-0.1, -0.05) is 0 Å². The van der Waals surface area contributed by atoms with Crippen LogP contribution in [0.25, 0.3) is 0 Å². The van der Waals surface area contributed by atoms with Crippen LogP contribution in [0, 0.1) is 5.92 Å². The Balaban J connectivity index is 2.45. The molecule has 60 valence electrons. The Bertz CT molecular complexity index is 108. The first-order valence-electron chi connectivity index (χ1n) is 3.76. The minimum absolute atomic E-state index is 0.0880. The molecule has 1 heterocycles. The highest BCUT2D eigenvalue weighted by molar-refractivity contribution is 4.84. The molecule has 2 nitrogen and oxygen atoms in total. The van der Waals surface area contributed by atoms with E-state index in [2.05, 4.69) is 4.90 Å². The lowest BCUT2D eigenvalue weighted by atomic mass is 10.0. The van der Waals surface area contributed by atoms with Gasteiger partial charge in [0.05, 0.1) is 0 Å². The molecule has 0 saturated carbocycles. The number of likely N-dealkylation sites (tertiary alicyclic amines) is 1. The molecule has 0 aromatic rings. The molecule has 1 fully saturated rings. The van der Waals surface area contributed by atoms with Gasteiger partial charge in [-0.05, 0) is 32.5 Å². The number of nitrogens with zero attached hydrogens (tertiary/aromatic N) is 1. The maximum atomic E-state index is 12.3. The number of nitrogens with two attached hydrogens (primary N) is 1. The quantitative estimate of drug-likeness (QED) is 0.604. The van der Waals surface area contributed by atoms with Gasteiger partial charge in [0.15, 0.2) is 0 Å². The third-order valence-electron chi connectivity index (χ3n) is 2.42. The van der Waals surface area contributed by atoms with Crippen LogP contribution < -0.4 is 5.73 Å². The first-order chi connectivity index (χ1) is 4.79. The average molecular weight is 146 g/mol. The van der Waals surface area contributed by atoms with E-state index in [1.807, 2.05) is 7.05 Å². The maximum absolute atomic E-state index is 12.3. The summed E-state index contributed by atoms with van der Waals surface area (Å²) in [4.78, 5) is 2.05. The summed E-state index contributed by atoms with van der Waals surface area (Å²) >= 11 is 0. The fourth-order valence-electron chi connectivity index (χ4n) is 1.61. The molecule has 10 heavy (non-hydrogen) atoms. The Morgan fingerprint density at radius 3 is 2.80 bits per heavy atom. The zero-order chi connectivity index (χ0) is 7.56. The summed E-state index contributed by atoms with van der Waals surface area (Å²) in [6.07, 6.45) is 1.06. The molecule has 2 N–H and O–H groups in total. The fraction of sp³-hybridized carbons (Fsp3) is 1.00. The molecular formula is C7H15FN2. The van der Waals surface area contributed by atoms with Crippen molar-refractivity contribution in [2.24, 2.45) is 11.7 Å². The standard InChI is InChI=1S/C7H15FN2/c1-10-3-2-6(5-9)7(10)4-8/h6-7H,2-5,9H2,1H3. The van der Waals surface area contributed by atoms with Crippen molar-refractivity contribution < 1.29 is 4.39 Å². The molecule has 0 radical (unpaired) electrons. The molecule has 1 saturated heterocycles. The second-order valence-corrected chi connectivity index (χ2v) is 2.99. The Morgan fingerprint density at radius 2 is 2.40 bits per heavy atom. The average Bonchev–Trinajstić information content (AvgIpc) is 2.30. The number of hydrogen-bond acceptors (Lipinski definition) is 2. The summed E-state index contributed by atoms with van der Waals surface area (Å²) in [5, 5.41) is 0. The van der Waals surface area contributed by atoms with E-state index >= 15 is 0 Å². The van der Waals surface area contributed by atoms with E-state index in [1.54, 1.807) is 0 Å². The lowest BCUT2D eigenvalue weighted by Gasteiger charge is -2.20. The van der Waals surface area contributed by atoms with Gasteiger partial charge in [-0.2, -0.15) is 0 Å². The van der Waals surface area contributed by atoms with Crippen LogP contribution in [0.3, 0.4) is 0 Å². The smallest absolute Gasteiger partial charge is 0.105 e. The van der Waals surface area contributed by atoms with Gasteiger partial charge in [0, 0.05) is 6.04 Å². The van der Waals surface area contributed by atoms with Crippen molar-refractivity contribution in [1.29, 1.82) is 0 Å². The summed E-state index contributed by atoms with van der Waals surface area (Å²) in [6.45, 7) is 1.37. The van der Waals surface area contributed by atoms with Gasteiger partial charge in [0.2, 0.25) is 0 Å². The van der Waals surface area contributed by atoms with Crippen LogP contribution >= 0.6 is 0 Å². The van der Waals surface area contributed by atoms with Crippen molar-refractivity contribution in [3.05, 3.63) is 0 Å². The Kier molecular flexibility index (Phi) is 2.63. The highest BCUT2D eigenvalue weighted by atomic mass is 19.1.